The van der Waals surface area contributed by atoms with E-state index >= 15 is 0 Å². The minimum atomic E-state index is -0.163. The lowest BCUT2D eigenvalue weighted by Gasteiger charge is -2.16. The van der Waals surface area contributed by atoms with Gasteiger partial charge in [-0.3, -0.25) is 0 Å². The third kappa shape index (κ3) is 5.64. The van der Waals surface area contributed by atoms with Crippen LogP contribution in [0, 0.1) is 5.82 Å². The predicted octanol–water partition coefficient (Wildman–Crippen LogP) is 4.30. The molecule has 1 aromatic carbocycles. The van der Waals surface area contributed by atoms with Gasteiger partial charge in [0.1, 0.15) is 5.82 Å². The first-order valence-electron chi connectivity index (χ1n) is 6.34. The quantitative estimate of drug-likeness (QED) is 0.792. The molecule has 0 amide bonds. The summed E-state index contributed by atoms with van der Waals surface area (Å²) in [5.41, 5.74) is 1.06. The van der Waals surface area contributed by atoms with Crippen LogP contribution in [0.3, 0.4) is 0 Å². The lowest BCUT2D eigenvalue weighted by atomic mass is 10.0. The van der Waals surface area contributed by atoms with Crippen LogP contribution in [0.1, 0.15) is 38.7 Å². The van der Waals surface area contributed by atoms with Crippen LogP contribution in [0.15, 0.2) is 22.7 Å². The smallest absolute Gasteiger partial charge is 0.124 e. The van der Waals surface area contributed by atoms with Gasteiger partial charge in [0.05, 0.1) is 0 Å². The highest BCUT2D eigenvalue weighted by Crippen LogP contribution is 2.17. The van der Waals surface area contributed by atoms with Gasteiger partial charge in [-0.05, 0) is 56.0 Å². The maximum absolute atomic E-state index is 13.2. The average Bonchev–Trinajstić information content (AvgIpc) is 2.28. The van der Waals surface area contributed by atoms with E-state index < -0.39 is 0 Å². The zero-order valence-corrected chi connectivity index (χ0v) is 12.2. The topological polar surface area (TPSA) is 12.0 Å². The minimum Gasteiger partial charge on any atom is -0.314 e. The van der Waals surface area contributed by atoms with E-state index in [2.05, 4.69) is 35.1 Å². The molecule has 0 aliphatic carbocycles. The monoisotopic (exact) mass is 301 g/mol. The SMILES string of the molecule is CCCNC(CC)CCc1cc(F)cc(Br)c1. The Morgan fingerprint density at radius 1 is 1.29 bits per heavy atom. The number of aryl methyl sites for hydroxylation is 1. The van der Waals surface area contributed by atoms with Crippen molar-refractivity contribution >= 4 is 15.9 Å². The molecule has 0 aromatic heterocycles. The van der Waals surface area contributed by atoms with Gasteiger partial charge in [0.2, 0.25) is 0 Å². The van der Waals surface area contributed by atoms with Gasteiger partial charge in [-0.1, -0.05) is 29.8 Å². The largest absolute Gasteiger partial charge is 0.314 e. The van der Waals surface area contributed by atoms with Crippen molar-refractivity contribution < 1.29 is 4.39 Å². The predicted molar refractivity (Wildman–Crippen MR) is 74.8 cm³/mol. The molecule has 1 atom stereocenters. The van der Waals surface area contributed by atoms with Crippen molar-refractivity contribution in [3.05, 3.63) is 34.1 Å². The van der Waals surface area contributed by atoms with Gasteiger partial charge in [0.25, 0.3) is 0 Å². The molecule has 0 bridgehead atoms. The second kappa shape index (κ2) is 7.83. The van der Waals surface area contributed by atoms with E-state index in [-0.39, 0.29) is 5.82 Å². The van der Waals surface area contributed by atoms with Crippen molar-refractivity contribution in [1.82, 2.24) is 5.32 Å². The summed E-state index contributed by atoms with van der Waals surface area (Å²) in [5.74, 6) is -0.163. The molecule has 3 heteroatoms. The van der Waals surface area contributed by atoms with E-state index in [4.69, 9.17) is 0 Å². The number of nitrogens with one attached hydrogen (secondary N) is 1. The third-order valence-corrected chi connectivity index (χ3v) is 3.34. The van der Waals surface area contributed by atoms with Crippen LogP contribution in [-0.2, 0) is 6.42 Å². The van der Waals surface area contributed by atoms with E-state index in [1.165, 1.54) is 6.07 Å². The summed E-state index contributed by atoms with van der Waals surface area (Å²) < 4.78 is 14.0. The fourth-order valence-corrected chi connectivity index (χ4v) is 2.41. The average molecular weight is 302 g/mol. The molecule has 1 N–H and O–H groups in total. The Balaban J connectivity index is 2.47. The summed E-state index contributed by atoms with van der Waals surface area (Å²) in [5, 5.41) is 3.51. The second-order valence-corrected chi connectivity index (χ2v) is 5.29. The van der Waals surface area contributed by atoms with Gasteiger partial charge < -0.3 is 5.32 Å². The summed E-state index contributed by atoms with van der Waals surface area (Å²) in [6, 6.07) is 5.65. The van der Waals surface area contributed by atoms with Crippen LogP contribution in [0.2, 0.25) is 0 Å². The number of rotatable bonds is 7. The third-order valence-electron chi connectivity index (χ3n) is 2.88. The molecule has 0 saturated heterocycles. The van der Waals surface area contributed by atoms with Gasteiger partial charge >= 0.3 is 0 Å². The summed E-state index contributed by atoms with van der Waals surface area (Å²) in [6.45, 7) is 5.42. The number of hydrogen-bond donors (Lipinski definition) is 1. The molecule has 0 aliphatic rings. The Labute approximate surface area is 112 Å². The summed E-state index contributed by atoms with van der Waals surface area (Å²) in [6.07, 6.45) is 4.26. The van der Waals surface area contributed by atoms with E-state index in [9.17, 15) is 4.39 Å². The molecular formula is C14H21BrFN. The molecule has 1 aromatic rings. The van der Waals surface area contributed by atoms with Crippen LogP contribution >= 0.6 is 15.9 Å². The second-order valence-electron chi connectivity index (χ2n) is 4.38. The van der Waals surface area contributed by atoms with Gasteiger partial charge in [-0.15, -0.1) is 0 Å². The van der Waals surface area contributed by atoms with E-state index in [0.29, 0.717) is 6.04 Å². The summed E-state index contributed by atoms with van der Waals surface area (Å²) in [4.78, 5) is 0. The molecule has 0 fully saturated rings. The van der Waals surface area contributed by atoms with Crippen LogP contribution in [0.4, 0.5) is 4.39 Å². The van der Waals surface area contributed by atoms with E-state index in [1.54, 1.807) is 6.07 Å². The zero-order valence-electron chi connectivity index (χ0n) is 10.6. The summed E-state index contributed by atoms with van der Waals surface area (Å²) in [7, 11) is 0. The zero-order chi connectivity index (χ0) is 12.7. The Hall–Kier alpha value is -0.410. The fourth-order valence-electron chi connectivity index (χ4n) is 1.90. The molecular weight excluding hydrogens is 281 g/mol. The Bertz CT molecular complexity index is 321. The first-order valence-corrected chi connectivity index (χ1v) is 7.13. The standard InChI is InChI=1S/C14H21BrFN/c1-3-7-17-14(4-2)6-5-11-8-12(15)10-13(16)9-11/h8-10,14,17H,3-7H2,1-2H3. The van der Waals surface area contributed by atoms with Crippen LogP contribution < -0.4 is 5.32 Å². The Kier molecular flexibility index (Phi) is 6.75. The van der Waals surface area contributed by atoms with Gasteiger partial charge in [0.15, 0.2) is 0 Å². The van der Waals surface area contributed by atoms with E-state index in [0.717, 1.165) is 42.3 Å². The molecule has 1 rings (SSSR count). The Morgan fingerprint density at radius 2 is 2.06 bits per heavy atom. The van der Waals surface area contributed by atoms with Gasteiger partial charge in [-0.25, -0.2) is 4.39 Å². The van der Waals surface area contributed by atoms with Gasteiger partial charge in [0, 0.05) is 10.5 Å². The van der Waals surface area contributed by atoms with Crippen molar-refractivity contribution in [2.45, 2.75) is 45.6 Å². The lowest BCUT2D eigenvalue weighted by molar-refractivity contribution is 0.468. The molecule has 17 heavy (non-hydrogen) atoms. The maximum Gasteiger partial charge on any atom is 0.124 e. The minimum absolute atomic E-state index is 0.163. The molecule has 0 saturated carbocycles. The fraction of sp³-hybridized carbons (Fsp3) is 0.571. The molecule has 1 nitrogen and oxygen atoms in total. The van der Waals surface area contributed by atoms with Crippen LogP contribution in [-0.4, -0.2) is 12.6 Å². The van der Waals surface area contributed by atoms with Crippen molar-refractivity contribution in [2.24, 2.45) is 0 Å². The first-order chi connectivity index (χ1) is 8.15. The maximum atomic E-state index is 13.2. The normalized spacial score (nSPS) is 12.7. The molecule has 0 heterocycles. The molecule has 0 aliphatic heterocycles. The van der Waals surface area contributed by atoms with Crippen molar-refractivity contribution in [1.29, 1.82) is 0 Å². The van der Waals surface area contributed by atoms with Crippen LogP contribution in [0.5, 0.6) is 0 Å². The Morgan fingerprint density at radius 3 is 2.65 bits per heavy atom. The van der Waals surface area contributed by atoms with Crippen molar-refractivity contribution in [3.8, 4) is 0 Å². The molecule has 0 radical (unpaired) electrons. The van der Waals surface area contributed by atoms with Crippen molar-refractivity contribution in [2.75, 3.05) is 6.54 Å². The number of benzene rings is 1. The van der Waals surface area contributed by atoms with Gasteiger partial charge in [-0.2, -0.15) is 0 Å². The highest BCUT2D eigenvalue weighted by atomic mass is 79.9. The molecule has 0 spiro atoms. The first kappa shape index (κ1) is 14.7. The highest BCUT2D eigenvalue weighted by molar-refractivity contribution is 9.10. The number of halogens is 2. The molecule has 1 unspecified atom stereocenters. The summed E-state index contributed by atoms with van der Waals surface area (Å²) >= 11 is 3.32. The van der Waals surface area contributed by atoms with Crippen LogP contribution in [0.25, 0.3) is 0 Å². The van der Waals surface area contributed by atoms with E-state index in [1.807, 2.05) is 6.07 Å². The molecule has 96 valence electrons. The van der Waals surface area contributed by atoms with Crippen molar-refractivity contribution in [3.63, 3.8) is 0 Å². The number of hydrogen-bond acceptors (Lipinski definition) is 1. The lowest BCUT2D eigenvalue weighted by Crippen LogP contribution is -2.29. The highest BCUT2D eigenvalue weighted by Gasteiger charge is 2.06.